The number of benzene rings is 3. The summed E-state index contributed by atoms with van der Waals surface area (Å²) < 4.78 is 30.0. The van der Waals surface area contributed by atoms with Gasteiger partial charge in [0.25, 0.3) is 0 Å². The van der Waals surface area contributed by atoms with Gasteiger partial charge in [-0.25, -0.2) is 4.39 Å². The van der Waals surface area contributed by atoms with Crippen LogP contribution in [0.3, 0.4) is 0 Å². The van der Waals surface area contributed by atoms with Gasteiger partial charge in [0.15, 0.2) is 11.5 Å². The summed E-state index contributed by atoms with van der Waals surface area (Å²) in [7, 11) is 3.19. The van der Waals surface area contributed by atoms with E-state index in [1.165, 1.54) is 12.1 Å². The first-order valence-electron chi connectivity index (χ1n) is 10.2. The lowest BCUT2D eigenvalue weighted by Gasteiger charge is -2.26. The molecule has 1 N–H and O–H groups in total. The molecule has 0 aliphatic heterocycles. The van der Waals surface area contributed by atoms with E-state index in [9.17, 15) is 9.50 Å². The second-order valence-corrected chi connectivity index (χ2v) is 7.80. The third-order valence-electron chi connectivity index (χ3n) is 4.92. The summed E-state index contributed by atoms with van der Waals surface area (Å²) in [5, 5.41) is 11.3. The Bertz CT molecular complexity index is 982. The molecule has 3 aromatic carbocycles. The van der Waals surface area contributed by atoms with Gasteiger partial charge in [-0.05, 0) is 48.0 Å². The highest BCUT2D eigenvalue weighted by molar-refractivity contribution is 6.30. The SMILES string of the molecule is COc1cccc(CN(Cc2ccc(F)cc2)CC(O)COc2ccc(Cl)cc2)c1OC. The van der Waals surface area contributed by atoms with Crippen molar-refractivity contribution in [2.75, 3.05) is 27.4 Å². The van der Waals surface area contributed by atoms with E-state index in [0.717, 1.165) is 11.1 Å². The number of para-hydroxylation sites is 1. The topological polar surface area (TPSA) is 51.2 Å². The molecule has 0 aliphatic rings. The van der Waals surface area contributed by atoms with Crippen molar-refractivity contribution >= 4 is 11.6 Å². The van der Waals surface area contributed by atoms with Crippen LogP contribution in [0.1, 0.15) is 11.1 Å². The lowest BCUT2D eigenvalue weighted by molar-refractivity contribution is 0.0625. The molecular weight excluding hydrogens is 433 g/mol. The first-order chi connectivity index (χ1) is 15.5. The van der Waals surface area contributed by atoms with Crippen LogP contribution in [0.4, 0.5) is 4.39 Å². The van der Waals surface area contributed by atoms with Gasteiger partial charge < -0.3 is 19.3 Å². The molecule has 0 aromatic heterocycles. The smallest absolute Gasteiger partial charge is 0.165 e. The van der Waals surface area contributed by atoms with Crippen LogP contribution in [0.2, 0.25) is 5.02 Å². The van der Waals surface area contributed by atoms with Crippen molar-refractivity contribution in [3.63, 3.8) is 0 Å². The van der Waals surface area contributed by atoms with Crippen LogP contribution in [0.25, 0.3) is 0 Å². The van der Waals surface area contributed by atoms with Gasteiger partial charge in [-0.2, -0.15) is 0 Å². The molecule has 0 aliphatic carbocycles. The summed E-state index contributed by atoms with van der Waals surface area (Å²) in [5.41, 5.74) is 1.85. The zero-order valence-electron chi connectivity index (χ0n) is 18.1. The zero-order chi connectivity index (χ0) is 22.9. The van der Waals surface area contributed by atoms with E-state index < -0.39 is 6.10 Å². The second kappa shape index (κ2) is 11.7. The van der Waals surface area contributed by atoms with Crippen molar-refractivity contribution in [3.8, 4) is 17.2 Å². The van der Waals surface area contributed by atoms with Crippen molar-refractivity contribution in [2.45, 2.75) is 19.2 Å². The average Bonchev–Trinajstić information content (AvgIpc) is 2.80. The number of rotatable bonds is 11. The number of aliphatic hydroxyl groups excluding tert-OH is 1. The molecule has 0 radical (unpaired) electrons. The largest absolute Gasteiger partial charge is 0.493 e. The molecule has 0 heterocycles. The highest BCUT2D eigenvalue weighted by Gasteiger charge is 2.18. The van der Waals surface area contributed by atoms with E-state index in [-0.39, 0.29) is 12.4 Å². The van der Waals surface area contributed by atoms with Crippen molar-refractivity contribution in [1.82, 2.24) is 4.90 Å². The molecule has 3 rings (SSSR count). The molecular formula is C25H27ClFNO4. The molecule has 170 valence electrons. The van der Waals surface area contributed by atoms with E-state index in [1.807, 2.05) is 18.2 Å². The Labute approximate surface area is 192 Å². The predicted octanol–water partition coefficient (Wildman–Crippen LogP) is 4.94. The van der Waals surface area contributed by atoms with E-state index >= 15 is 0 Å². The molecule has 0 fully saturated rings. The maximum Gasteiger partial charge on any atom is 0.165 e. The molecule has 0 amide bonds. The summed E-state index contributed by atoms with van der Waals surface area (Å²) >= 11 is 5.90. The Morgan fingerprint density at radius 1 is 0.938 bits per heavy atom. The quantitative estimate of drug-likeness (QED) is 0.440. The number of methoxy groups -OCH3 is 2. The fraction of sp³-hybridized carbons (Fsp3) is 0.280. The van der Waals surface area contributed by atoms with Crippen LogP contribution in [-0.2, 0) is 13.1 Å². The maximum absolute atomic E-state index is 13.3. The van der Waals surface area contributed by atoms with Crippen LogP contribution < -0.4 is 14.2 Å². The minimum Gasteiger partial charge on any atom is -0.493 e. The van der Waals surface area contributed by atoms with Crippen molar-refractivity contribution in [3.05, 3.63) is 88.7 Å². The van der Waals surface area contributed by atoms with E-state index in [1.54, 1.807) is 50.6 Å². The predicted molar refractivity (Wildman–Crippen MR) is 123 cm³/mol. The highest BCUT2D eigenvalue weighted by atomic mass is 35.5. The van der Waals surface area contributed by atoms with E-state index in [0.29, 0.717) is 41.9 Å². The lowest BCUT2D eigenvalue weighted by atomic mass is 10.1. The van der Waals surface area contributed by atoms with Gasteiger partial charge in [0.2, 0.25) is 0 Å². The summed E-state index contributed by atoms with van der Waals surface area (Å²) in [5.74, 6) is 1.63. The Morgan fingerprint density at radius 3 is 2.31 bits per heavy atom. The van der Waals surface area contributed by atoms with Gasteiger partial charge in [0.1, 0.15) is 24.3 Å². The third kappa shape index (κ3) is 6.85. The van der Waals surface area contributed by atoms with Crippen molar-refractivity contribution in [2.24, 2.45) is 0 Å². The number of ether oxygens (including phenoxy) is 3. The van der Waals surface area contributed by atoms with Crippen molar-refractivity contribution in [1.29, 1.82) is 0 Å². The molecule has 3 aromatic rings. The first-order valence-corrected chi connectivity index (χ1v) is 10.6. The summed E-state index contributed by atoms with van der Waals surface area (Å²) in [6.45, 7) is 1.47. The molecule has 0 saturated heterocycles. The Morgan fingerprint density at radius 2 is 1.66 bits per heavy atom. The number of aliphatic hydroxyl groups is 1. The fourth-order valence-electron chi connectivity index (χ4n) is 3.43. The van der Waals surface area contributed by atoms with Crippen LogP contribution in [-0.4, -0.2) is 43.5 Å². The van der Waals surface area contributed by atoms with E-state index in [2.05, 4.69) is 4.90 Å². The third-order valence-corrected chi connectivity index (χ3v) is 5.17. The summed E-state index contributed by atoms with van der Waals surface area (Å²) in [4.78, 5) is 2.06. The molecule has 0 saturated carbocycles. The summed E-state index contributed by atoms with van der Waals surface area (Å²) in [6, 6.07) is 19.0. The van der Waals surface area contributed by atoms with Gasteiger partial charge in [-0.15, -0.1) is 0 Å². The monoisotopic (exact) mass is 459 g/mol. The Kier molecular flexibility index (Phi) is 8.73. The molecule has 0 spiro atoms. The normalized spacial score (nSPS) is 11.9. The minimum atomic E-state index is -0.747. The second-order valence-electron chi connectivity index (χ2n) is 7.37. The zero-order valence-corrected chi connectivity index (χ0v) is 18.9. The van der Waals surface area contributed by atoms with Crippen LogP contribution >= 0.6 is 11.6 Å². The number of nitrogens with zero attached hydrogens (tertiary/aromatic N) is 1. The lowest BCUT2D eigenvalue weighted by Crippen LogP contribution is -2.35. The highest BCUT2D eigenvalue weighted by Crippen LogP contribution is 2.31. The van der Waals surface area contributed by atoms with Gasteiger partial charge in [-0.1, -0.05) is 35.9 Å². The van der Waals surface area contributed by atoms with Crippen LogP contribution in [0, 0.1) is 5.82 Å². The molecule has 1 unspecified atom stereocenters. The standard InChI is InChI=1S/C25H27ClFNO4/c1-30-24-5-3-4-19(25(24)31-2)15-28(14-18-6-10-21(27)11-7-18)16-22(29)17-32-23-12-8-20(26)9-13-23/h3-13,22,29H,14-17H2,1-2H3. The van der Waals surface area contributed by atoms with Crippen LogP contribution in [0.15, 0.2) is 66.7 Å². The molecule has 7 heteroatoms. The Balaban J connectivity index is 1.73. The number of halogens is 2. The van der Waals surface area contributed by atoms with Crippen LogP contribution in [0.5, 0.6) is 17.2 Å². The van der Waals surface area contributed by atoms with E-state index in [4.69, 9.17) is 25.8 Å². The molecule has 1 atom stereocenters. The van der Waals surface area contributed by atoms with Gasteiger partial charge in [0.05, 0.1) is 14.2 Å². The average molecular weight is 460 g/mol. The van der Waals surface area contributed by atoms with Gasteiger partial charge in [-0.3, -0.25) is 4.90 Å². The Hall–Kier alpha value is -2.80. The fourth-order valence-corrected chi connectivity index (χ4v) is 3.55. The van der Waals surface area contributed by atoms with Gasteiger partial charge >= 0.3 is 0 Å². The molecule has 5 nitrogen and oxygen atoms in total. The number of hydrogen-bond donors (Lipinski definition) is 1. The molecule has 0 bridgehead atoms. The molecule has 32 heavy (non-hydrogen) atoms. The number of hydrogen-bond acceptors (Lipinski definition) is 5. The van der Waals surface area contributed by atoms with Gasteiger partial charge in [0, 0.05) is 30.2 Å². The van der Waals surface area contributed by atoms with Crippen molar-refractivity contribution < 1.29 is 23.7 Å². The minimum absolute atomic E-state index is 0.122. The first kappa shape index (κ1) is 23.9. The summed E-state index contributed by atoms with van der Waals surface area (Å²) in [6.07, 6.45) is -0.747. The maximum atomic E-state index is 13.3.